The molecule has 0 spiro atoms. The van der Waals surface area contributed by atoms with Gasteiger partial charge in [0.05, 0.1) is 0 Å². The van der Waals surface area contributed by atoms with Gasteiger partial charge in [-0.15, -0.1) is 24.8 Å². The average molecular weight is 344 g/mol. The number of carbonyl (C=O) groups excluding carboxylic acids is 1. The summed E-state index contributed by atoms with van der Waals surface area (Å²) < 4.78 is 1.64. The van der Waals surface area contributed by atoms with Crippen molar-refractivity contribution in [2.45, 2.75) is 18.9 Å². The number of halogens is 2. The second kappa shape index (κ2) is 8.12. The molecule has 8 heteroatoms. The Morgan fingerprint density at radius 1 is 1.32 bits per heavy atom. The molecule has 1 fully saturated rings. The van der Waals surface area contributed by atoms with Crippen molar-refractivity contribution in [2.75, 3.05) is 13.1 Å². The Hall–Kier alpha value is -1.63. The third-order valence-corrected chi connectivity index (χ3v) is 3.60. The zero-order valence-electron chi connectivity index (χ0n) is 12.0. The predicted octanol–water partition coefficient (Wildman–Crippen LogP) is 1.67. The summed E-state index contributed by atoms with van der Waals surface area (Å²) in [6, 6.07) is 7.35. The van der Waals surface area contributed by atoms with Crippen molar-refractivity contribution in [1.29, 1.82) is 0 Å². The SMILES string of the molecule is Cl.Cl.NCC1CCCN1C(=O)c1cccc(-n2cccn2)n1. The fraction of sp³-hybridized carbons (Fsp3) is 0.357. The minimum absolute atomic E-state index is 0. The number of nitrogens with two attached hydrogens (primary N) is 1. The number of pyridine rings is 1. The van der Waals surface area contributed by atoms with E-state index in [0.29, 0.717) is 18.1 Å². The molecule has 2 N–H and O–H groups in total. The van der Waals surface area contributed by atoms with Crippen LogP contribution in [-0.2, 0) is 0 Å². The van der Waals surface area contributed by atoms with Crippen molar-refractivity contribution in [2.24, 2.45) is 5.73 Å². The number of amides is 1. The molecule has 1 amide bonds. The summed E-state index contributed by atoms with van der Waals surface area (Å²) in [6.07, 6.45) is 5.46. The lowest BCUT2D eigenvalue weighted by molar-refractivity contribution is 0.0735. The van der Waals surface area contributed by atoms with E-state index in [4.69, 9.17) is 5.73 Å². The first-order chi connectivity index (χ1) is 9.79. The summed E-state index contributed by atoms with van der Waals surface area (Å²) in [7, 11) is 0. The molecule has 1 aliphatic rings. The van der Waals surface area contributed by atoms with Crippen LogP contribution in [0.25, 0.3) is 5.82 Å². The van der Waals surface area contributed by atoms with Crippen LogP contribution in [0, 0.1) is 0 Å². The van der Waals surface area contributed by atoms with Gasteiger partial charge in [-0.3, -0.25) is 4.79 Å². The molecular formula is C14H19Cl2N5O. The second-order valence-electron chi connectivity index (χ2n) is 4.86. The van der Waals surface area contributed by atoms with Gasteiger partial charge in [0.2, 0.25) is 0 Å². The van der Waals surface area contributed by atoms with Crippen molar-refractivity contribution < 1.29 is 4.79 Å². The van der Waals surface area contributed by atoms with E-state index in [9.17, 15) is 4.79 Å². The van der Waals surface area contributed by atoms with Crippen molar-refractivity contribution in [3.8, 4) is 5.82 Å². The molecule has 1 aliphatic heterocycles. The molecule has 3 heterocycles. The van der Waals surface area contributed by atoms with E-state index in [1.807, 2.05) is 23.1 Å². The second-order valence-corrected chi connectivity index (χ2v) is 4.86. The number of aromatic nitrogens is 3. The number of nitrogens with zero attached hydrogens (tertiary/aromatic N) is 4. The highest BCUT2D eigenvalue weighted by Crippen LogP contribution is 2.19. The first kappa shape index (κ1) is 18.4. The largest absolute Gasteiger partial charge is 0.333 e. The van der Waals surface area contributed by atoms with Crippen LogP contribution in [0.15, 0.2) is 36.7 Å². The van der Waals surface area contributed by atoms with Gasteiger partial charge in [0.1, 0.15) is 5.69 Å². The Bertz CT molecular complexity index is 605. The Balaban J connectivity index is 0.00000121. The summed E-state index contributed by atoms with van der Waals surface area (Å²) in [5.41, 5.74) is 6.16. The Morgan fingerprint density at radius 2 is 2.14 bits per heavy atom. The molecule has 3 rings (SSSR count). The predicted molar refractivity (Wildman–Crippen MR) is 89.0 cm³/mol. The van der Waals surface area contributed by atoms with Crippen molar-refractivity contribution in [1.82, 2.24) is 19.7 Å². The lowest BCUT2D eigenvalue weighted by Crippen LogP contribution is -2.40. The monoisotopic (exact) mass is 343 g/mol. The number of hydrogen-bond acceptors (Lipinski definition) is 4. The number of carbonyl (C=O) groups is 1. The van der Waals surface area contributed by atoms with Crippen LogP contribution < -0.4 is 5.73 Å². The van der Waals surface area contributed by atoms with Crippen LogP contribution in [0.3, 0.4) is 0 Å². The Morgan fingerprint density at radius 3 is 2.82 bits per heavy atom. The maximum Gasteiger partial charge on any atom is 0.272 e. The maximum atomic E-state index is 12.5. The number of likely N-dealkylation sites (tertiary alicyclic amines) is 1. The van der Waals surface area contributed by atoms with E-state index in [1.165, 1.54) is 0 Å². The summed E-state index contributed by atoms with van der Waals surface area (Å²) >= 11 is 0. The molecule has 2 aromatic rings. The molecule has 0 saturated carbocycles. The van der Waals surface area contributed by atoms with Gasteiger partial charge in [-0.05, 0) is 31.0 Å². The molecule has 120 valence electrons. The van der Waals surface area contributed by atoms with Crippen LogP contribution in [0.4, 0.5) is 0 Å². The Labute approximate surface area is 141 Å². The standard InChI is InChI=1S/C14H17N5O.2ClH/c15-10-11-4-2-8-18(11)14(20)12-5-1-6-13(17-12)19-9-3-7-16-19;;/h1,3,5-7,9,11H,2,4,8,10,15H2;2*1H. The van der Waals surface area contributed by atoms with Gasteiger partial charge in [0.25, 0.3) is 5.91 Å². The van der Waals surface area contributed by atoms with Gasteiger partial charge in [0.15, 0.2) is 5.82 Å². The average Bonchev–Trinajstić information content (AvgIpc) is 3.17. The van der Waals surface area contributed by atoms with E-state index in [0.717, 1.165) is 19.4 Å². The van der Waals surface area contributed by atoms with Crippen molar-refractivity contribution in [3.63, 3.8) is 0 Å². The lowest BCUT2D eigenvalue weighted by Gasteiger charge is -2.23. The molecule has 6 nitrogen and oxygen atoms in total. The van der Waals surface area contributed by atoms with Gasteiger partial charge >= 0.3 is 0 Å². The third-order valence-electron chi connectivity index (χ3n) is 3.60. The number of rotatable bonds is 3. The van der Waals surface area contributed by atoms with Gasteiger partial charge in [-0.25, -0.2) is 9.67 Å². The van der Waals surface area contributed by atoms with E-state index < -0.39 is 0 Å². The topological polar surface area (TPSA) is 77.0 Å². The molecule has 0 aromatic carbocycles. The highest BCUT2D eigenvalue weighted by Gasteiger charge is 2.29. The minimum atomic E-state index is -0.0491. The molecule has 0 radical (unpaired) electrons. The van der Waals surface area contributed by atoms with Crippen LogP contribution >= 0.6 is 24.8 Å². The van der Waals surface area contributed by atoms with Crippen molar-refractivity contribution >= 4 is 30.7 Å². The minimum Gasteiger partial charge on any atom is -0.333 e. The van der Waals surface area contributed by atoms with Crippen LogP contribution in [-0.4, -0.2) is 44.7 Å². The van der Waals surface area contributed by atoms with Gasteiger partial charge in [-0.1, -0.05) is 6.07 Å². The normalized spacial score (nSPS) is 16.8. The molecule has 0 bridgehead atoms. The molecule has 22 heavy (non-hydrogen) atoms. The van der Waals surface area contributed by atoms with Crippen LogP contribution in [0.5, 0.6) is 0 Å². The van der Waals surface area contributed by atoms with Crippen LogP contribution in [0.2, 0.25) is 0 Å². The summed E-state index contributed by atoms with van der Waals surface area (Å²) in [6.45, 7) is 1.26. The number of hydrogen-bond donors (Lipinski definition) is 1. The molecular weight excluding hydrogens is 325 g/mol. The highest BCUT2D eigenvalue weighted by atomic mass is 35.5. The zero-order chi connectivity index (χ0) is 13.9. The first-order valence-electron chi connectivity index (χ1n) is 6.77. The highest BCUT2D eigenvalue weighted by molar-refractivity contribution is 5.93. The fourth-order valence-electron chi connectivity index (χ4n) is 2.57. The lowest BCUT2D eigenvalue weighted by atomic mass is 10.2. The van der Waals surface area contributed by atoms with Gasteiger partial charge in [-0.2, -0.15) is 5.10 Å². The molecule has 2 aromatic heterocycles. The van der Waals surface area contributed by atoms with E-state index >= 15 is 0 Å². The fourth-order valence-corrected chi connectivity index (χ4v) is 2.57. The van der Waals surface area contributed by atoms with E-state index in [2.05, 4.69) is 10.1 Å². The van der Waals surface area contributed by atoms with E-state index in [-0.39, 0.29) is 36.8 Å². The zero-order valence-corrected chi connectivity index (χ0v) is 13.6. The molecule has 1 saturated heterocycles. The maximum absolute atomic E-state index is 12.5. The molecule has 1 unspecified atom stereocenters. The third kappa shape index (κ3) is 3.58. The van der Waals surface area contributed by atoms with E-state index in [1.54, 1.807) is 23.1 Å². The smallest absolute Gasteiger partial charge is 0.272 e. The first-order valence-corrected chi connectivity index (χ1v) is 6.77. The summed E-state index contributed by atoms with van der Waals surface area (Å²) in [4.78, 5) is 18.7. The summed E-state index contributed by atoms with van der Waals surface area (Å²) in [5.74, 6) is 0.594. The molecule has 0 aliphatic carbocycles. The van der Waals surface area contributed by atoms with Gasteiger partial charge < -0.3 is 10.6 Å². The van der Waals surface area contributed by atoms with Crippen molar-refractivity contribution in [3.05, 3.63) is 42.4 Å². The summed E-state index contributed by atoms with van der Waals surface area (Å²) in [5, 5.41) is 4.12. The quantitative estimate of drug-likeness (QED) is 0.919. The molecule has 1 atom stereocenters. The Kier molecular flexibility index (Phi) is 6.80. The van der Waals surface area contributed by atoms with Gasteiger partial charge in [0, 0.05) is 31.5 Å². The van der Waals surface area contributed by atoms with Crippen LogP contribution in [0.1, 0.15) is 23.3 Å².